The Labute approximate surface area is 388 Å². The number of hydrogen-bond acceptors (Lipinski definition) is 9. The van der Waals surface area contributed by atoms with Crippen LogP contribution >= 0.6 is 0 Å². The second-order valence-corrected chi connectivity index (χ2v) is 22.0. The van der Waals surface area contributed by atoms with E-state index in [9.17, 15) is 5.11 Å². The summed E-state index contributed by atoms with van der Waals surface area (Å²) in [5.41, 5.74) is 1.86. The van der Waals surface area contributed by atoms with Crippen molar-refractivity contribution in [2.24, 2.45) is 0 Å². The van der Waals surface area contributed by atoms with Gasteiger partial charge in [0.05, 0.1) is 59.0 Å². The third-order valence-corrected chi connectivity index (χ3v) is 18.5. The standard InChI is InChI=1S/C56H58O9Si/c1-33-40(53(63-11)46-38(51(33)61-9)26-19-29-43(46)59-7)32-41-35(3)56(58,49-34(2)52(62-10)39-27-20-30-44(60-8)47(39)54(49)64-12)42-28-21-31-45(48(42)50(41)57)65-66(55(4,5)6,36-22-15-13-16-23-36)37-24-17-14-18-25-37/h13-31,58H,32H2,1-12H3. The maximum atomic E-state index is 16.1. The van der Waals surface area contributed by atoms with Crippen molar-refractivity contribution in [2.75, 3.05) is 42.7 Å². The van der Waals surface area contributed by atoms with Crippen LogP contribution < -0.4 is 43.2 Å². The average molecular weight is 903 g/mol. The summed E-state index contributed by atoms with van der Waals surface area (Å²) in [6.45, 7) is 12.3. The van der Waals surface area contributed by atoms with Gasteiger partial charge < -0.3 is 38.0 Å². The Kier molecular flexibility index (Phi) is 12.2. The van der Waals surface area contributed by atoms with Crippen LogP contribution in [0.1, 0.15) is 65.9 Å². The molecule has 1 aliphatic carbocycles. The average Bonchev–Trinajstić information content (AvgIpc) is 3.33. The number of ether oxygens (including phenoxy) is 6. The van der Waals surface area contributed by atoms with Crippen LogP contribution in [-0.4, -0.2) is 61.9 Å². The van der Waals surface area contributed by atoms with Crippen molar-refractivity contribution < 1.29 is 42.7 Å². The van der Waals surface area contributed by atoms with E-state index in [1.165, 1.54) is 0 Å². The van der Waals surface area contributed by atoms with E-state index in [0.29, 0.717) is 84.4 Å². The minimum absolute atomic E-state index is 0.0503. The van der Waals surface area contributed by atoms with Gasteiger partial charge in [-0.25, -0.2) is 0 Å². The lowest BCUT2D eigenvalue weighted by Crippen LogP contribution is -2.69. The van der Waals surface area contributed by atoms with Crippen LogP contribution in [0.2, 0.25) is 5.04 Å². The molecule has 1 aliphatic rings. The third-order valence-electron chi connectivity index (χ3n) is 13.6. The number of Topliss-reactive ketones (excluding diaryl/α,β-unsaturated/α-hetero) is 1. The van der Waals surface area contributed by atoms with Crippen molar-refractivity contribution in [1.29, 1.82) is 0 Å². The number of ketones is 1. The normalized spacial score (nSPS) is 15.1. The van der Waals surface area contributed by atoms with Crippen LogP contribution in [0.4, 0.5) is 0 Å². The lowest BCUT2D eigenvalue weighted by atomic mass is 9.68. The Bertz CT molecular complexity index is 3000. The zero-order valence-corrected chi connectivity index (χ0v) is 40.9. The second kappa shape index (κ2) is 17.6. The summed E-state index contributed by atoms with van der Waals surface area (Å²) in [5.74, 6) is 3.26. The highest BCUT2D eigenvalue weighted by atomic mass is 28.4. The fourth-order valence-electron chi connectivity index (χ4n) is 10.5. The number of hydrogen-bond donors (Lipinski definition) is 1. The molecule has 66 heavy (non-hydrogen) atoms. The Hall–Kier alpha value is -6.75. The highest BCUT2D eigenvalue weighted by Crippen LogP contribution is 2.56. The summed E-state index contributed by atoms with van der Waals surface area (Å²) in [7, 11) is 6.31. The van der Waals surface area contributed by atoms with Crippen LogP contribution in [0.15, 0.2) is 126 Å². The van der Waals surface area contributed by atoms with Gasteiger partial charge in [0.1, 0.15) is 45.8 Å². The highest BCUT2D eigenvalue weighted by molar-refractivity contribution is 7.00. The fraction of sp³-hybridized carbons (Fsp3) is 0.268. The molecule has 0 amide bonds. The lowest BCUT2D eigenvalue weighted by Gasteiger charge is -2.44. The predicted molar refractivity (Wildman–Crippen MR) is 265 cm³/mol. The fourth-order valence-corrected chi connectivity index (χ4v) is 15.0. The molecule has 340 valence electrons. The van der Waals surface area contributed by atoms with Gasteiger partial charge in [-0.1, -0.05) is 118 Å². The Morgan fingerprint density at radius 2 is 1.02 bits per heavy atom. The molecule has 0 heterocycles. The number of allylic oxidation sites excluding steroid dienone is 1. The van der Waals surface area contributed by atoms with Crippen molar-refractivity contribution in [2.45, 2.75) is 58.6 Å². The summed E-state index contributed by atoms with van der Waals surface area (Å²) < 4.78 is 44.6. The number of methoxy groups -OCH3 is 6. The van der Waals surface area contributed by atoms with Crippen LogP contribution in [0.25, 0.3) is 21.5 Å². The monoisotopic (exact) mass is 902 g/mol. The summed E-state index contributed by atoms with van der Waals surface area (Å²) in [4.78, 5) is 16.1. The van der Waals surface area contributed by atoms with E-state index in [1.807, 2.05) is 112 Å². The zero-order chi connectivity index (χ0) is 47.3. The topological polar surface area (TPSA) is 102 Å². The quantitative estimate of drug-likeness (QED) is 0.113. The number of aliphatic hydroxyl groups is 1. The Morgan fingerprint density at radius 3 is 1.50 bits per heavy atom. The SMILES string of the molecule is COc1c(C)c(CC2=C(C)C(O)(c3c(C)c(OC)c4cccc(OC)c4c3OC)c3cccc(O[Si](c4ccccc4)(c4ccccc4)C(C)(C)C)c3C2=O)c(OC)c2c(OC)cccc12. The van der Waals surface area contributed by atoms with Crippen molar-refractivity contribution >= 4 is 46.0 Å². The second-order valence-electron chi connectivity index (χ2n) is 17.8. The highest BCUT2D eigenvalue weighted by Gasteiger charge is 2.54. The third kappa shape index (κ3) is 6.80. The first-order chi connectivity index (χ1) is 31.7. The van der Waals surface area contributed by atoms with E-state index >= 15 is 4.79 Å². The number of carbonyl (C=O) groups is 1. The molecular formula is C56H58O9Si. The van der Waals surface area contributed by atoms with Gasteiger partial charge in [0, 0.05) is 45.0 Å². The molecule has 1 N–H and O–H groups in total. The van der Waals surface area contributed by atoms with E-state index in [-0.39, 0.29) is 17.8 Å². The maximum absolute atomic E-state index is 16.1. The first-order valence-electron chi connectivity index (χ1n) is 22.0. The van der Waals surface area contributed by atoms with E-state index in [4.69, 9.17) is 32.8 Å². The molecule has 10 heteroatoms. The largest absolute Gasteiger partial charge is 0.533 e. The minimum atomic E-state index is -3.35. The molecule has 0 radical (unpaired) electrons. The molecule has 0 saturated heterocycles. The Balaban J connectivity index is 1.51. The molecular weight excluding hydrogens is 845 g/mol. The summed E-state index contributed by atoms with van der Waals surface area (Å²) in [5, 5.41) is 18.8. The molecule has 9 nitrogen and oxygen atoms in total. The minimum Gasteiger partial charge on any atom is -0.533 e. The first kappa shape index (κ1) is 45.8. The molecule has 0 bridgehead atoms. The van der Waals surface area contributed by atoms with Gasteiger partial charge in [-0.05, 0) is 65.5 Å². The number of rotatable bonds is 13. The molecule has 1 unspecified atom stereocenters. The smallest absolute Gasteiger partial charge is 0.319 e. The molecule has 7 aromatic rings. The van der Waals surface area contributed by atoms with Crippen LogP contribution in [0.3, 0.4) is 0 Å². The van der Waals surface area contributed by atoms with Gasteiger partial charge in [-0.15, -0.1) is 0 Å². The van der Waals surface area contributed by atoms with Crippen LogP contribution in [0.5, 0.6) is 40.2 Å². The number of fused-ring (bicyclic) bond motifs is 3. The predicted octanol–water partition coefficient (Wildman–Crippen LogP) is 10.6. The number of carbonyl (C=O) groups excluding carboxylic acids is 1. The summed E-state index contributed by atoms with van der Waals surface area (Å²) in [6.07, 6.45) is 0.0503. The van der Waals surface area contributed by atoms with Crippen LogP contribution in [-0.2, 0) is 12.0 Å². The van der Waals surface area contributed by atoms with Gasteiger partial charge in [-0.2, -0.15) is 0 Å². The maximum Gasteiger partial charge on any atom is 0.319 e. The van der Waals surface area contributed by atoms with Crippen molar-refractivity contribution in [3.8, 4) is 40.2 Å². The Morgan fingerprint density at radius 1 is 0.545 bits per heavy atom. The van der Waals surface area contributed by atoms with Gasteiger partial charge in [-0.3, -0.25) is 4.79 Å². The molecule has 0 spiro atoms. The van der Waals surface area contributed by atoms with Crippen LogP contribution in [0, 0.1) is 13.8 Å². The van der Waals surface area contributed by atoms with Gasteiger partial charge in [0.15, 0.2) is 5.78 Å². The molecule has 0 aliphatic heterocycles. The van der Waals surface area contributed by atoms with Crippen molar-refractivity contribution in [3.05, 3.63) is 160 Å². The molecule has 0 fully saturated rings. The zero-order valence-electron chi connectivity index (χ0n) is 39.9. The van der Waals surface area contributed by atoms with Gasteiger partial charge in [0.2, 0.25) is 0 Å². The molecule has 7 aromatic carbocycles. The molecule has 0 saturated carbocycles. The summed E-state index contributed by atoms with van der Waals surface area (Å²) >= 11 is 0. The number of benzene rings is 7. The van der Waals surface area contributed by atoms with Crippen molar-refractivity contribution in [3.63, 3.8) is 0 Å². The summed E-state index contributed by atoms with van der Waals surface area (Å²) in [6, 6.07) is 37.6. The molecule has 8 rings (SSSR count). The van der Waals surface area contributed by atoms with Gasteiger partial charge >= 0.3 is 8.32 Å². The van der Waals surface area contributed by atoms with E-state index in [0.717, 1.165) is 26.7 Å². The van der Waals surface area contributed by atoms with E-state index in [2.05, 4.69) is 45.0 Å². The van der Waals surface area contributed by atoms with E-state index in [1.54, 1.807) is 42.7 Å². The lowest BCUT2D eigenvalue weighted by molar-refractivity contribution is 0.0915. The first-order valence-corrected chi connectivity index (χ1v) is 23.9. The van der Waals surface area contributed by atoms with Crippen molar-refractivity contribution in [1.82, 2.24) is 0 Å². The van der Waals surface area contributed by atoms with Gasteiger partial charge in [0.25, 0.3) is 0 Å². The van der Waals surface area contributed by atoms with E-state index < -0.39 is 19.0 Å². The molecule has 0 aromatic heterocycles. The molecule has 1 atom stereocenters.